The molecule has 1 unspecified atom stereocenters. The summed E-state index contributed by atoms with van der Waals surface area (Å²) in [5.41, 5.74) is 10.5. The number of rotatable bonds is 1. The lowest BCUT2D eigenvalue weighted by Crippen LogP contribution is -2.12. The highest BCUT2D eigenvalue weighted by molar-refractivity contribution is 5.26. The van der Waals surface area contributed by atoms with E-state index in [1.54, 1.807) is 0 Å². The fourth-order valence-corrected chi connectivity index (χ4v) is 0.758. The summed E-state index contributed by atoms with van der Waals surface area (Å²) in [6.45, 7) is 3.83. The third kappa shape index (κ3) is 1.07. The Labute approximate surface area is 59.9 Å². The zero-order chi connectivity index (χ0) is 7.56. The van der Waals surface area contributed by atoms with Gasteiger partial charge in [0.15, 0.2) is 0 Å². The second kappa shape index (κ2) is 2.64. The van der Waals surface area contributed by atoms with Crippen LogP contribution in [0.25, 0.3) is 0 Å². The van der Waals surface area contributed by atoms with Crippen LogP contribution in [0.3, 0.4) is 0 Å². The molecule has 53 valence electrons. The minimum Gasteiger partial charge on any atom is -0.471 e. The van der Waals surface area contributed by atoms with E-state index in [1.165, 1.54) is 6.26 Å². The van der Waals surface area contributed by atoms with Crippen molar-refractivity contribution < 1.29 is 4.74 Å². The van der Waals surface area contributed by atoms with Gasteiger partial charge in [0.05, 0.1) is 6.26 Å². The Bertz CT molecular complexity index is 206. The maximum atomic E-state index is 8.41. The summed E-state index contributed by atoms with van der Waals surface area (Å²) in [5.74, 6) is 0. The highest BCUT2D eigenvalue weighted by atomic mass is 16.5. The quantitative estimate of drug-likeness (QED) is 0.504. The first-order valence-electron chi connectivity index (χ1n) is 3.09. The molecular formula is C7H9N2O. The van der Waals surface area contributed by atoms with Gasteiger partial charge in [0.2, 0.25) is 6.23 Å². The van der Waals surface area contributed by atoms with Crippen LogP contribution in [-0.4, -0.2) is 6.23 Å². The van der Waals surface area contributed by atoms with Crippen molar-refractivity contribution in [2.45, 2.75) is 20.1 Å². The Hall–Kier alpha value is -1.12. The number of ether oxygens (including phenoxy) is 1. The summed E-state index contributed by atoms with van der Waals surface area (Å²) in [6.07, 6.45) is 2.88. The van der Waals surface area contributed by atoms with Crippen LogP contribution < -0.4 is 5.53 Å². The van der Waals surface area contributed by atoms with E-state index < -0.39 is 6.23 Å². The van der Waals surface area contributed by atoms with Crippen LogP contribution in [0.5, 0.6) is 0 Å². The fourth-order valence-electron chi connectivity index (χ4n) is 0.758. The van der Waals surface area contributed by atoms with Crippen LogP contribution in [0, 0.1) is 0 Å². The molecule has 0 aromatic heterocycles. The van der Waals surface area contributed by atoms with Crippen molar-refractivity contribution >= 4 is 0 Å². The number of hydrogen-bond acceptors (Lipinski definition) is 2. The Morgan fingerprint density at radius 2 is 2.30 bits per heavy atom. The average molecular weight is 137 g/mol. The van der Waals surface area contributed by atoms with Gasteiger partial charge in [-0.1, -0.05) is 0 Å². The average Bonchev–Trinajstić information content (AvgIpc) is 1.95. The van der Waals surface area contributed by atoms with Crippen LogP contribution in [0.15, 0.2) is 28.6 Å². The van der Waals surface area contributed by atoms with Crippen molar-refractivity contribution in [1.29, 1.82) is 0 Å². The first-order valence-corrected chi connectivity index (χ1v) is 3.09. The second-order valence-electron chi connectivity index (χ2n) is 2.27. The number of nitrogens with zero attached hydrogens (tertiary/aromatic N) is 2. The Morgan fingerprint density at radius 1 is 1.60 bits per heavy atom. The Morgan fingerprint density at radius 3 is 2.80 bits per heavy atom. The SMILES string of the molecule is CC1=C(C)C(N=[N])OC=C1. The number of allylic oxidation sites excluding steroid dienone is 2. The molecule has 0 bridgehead atoms. The van der Waals surface area contributed by atoms with Gasteiger partial charge in [-0.15, -0.1) is 5.11 Å². The van der Waals surface area contributed by atoms with E-state index in [4.69, 9.17) is 10.3 Å². The summed E-state index contributed by atoms with van der Waals surface area (Å²) in [6, 6.07) is 0. The molecule has 0 saturated carbocycles. The monoisotopic (exact) mass is 137 g/mol. The minimum absolute atomic E-state index is 0.495. The molecule has 0 aromatic carbocycles. The molecule has 1 radical (unpaired) electrons. The maximum absolute atomic E-state index is 8.41. The van der Waals surface area contributed by atoms with Gasteiger partial charge in [-0.05, 0) is 36.6 Å². The van der Waals surface area contributed by atoms with Gasteiger partial charge in [0.25, 0.3) is 0 Å². The molecule has 0 aliphatic carbocycles. The normalized spacial score (nSPS) is 24.4. The summed E-state index contributed by atoms with van der Waals surface area (Å²) in [7, 11) is 0. The van der Waals surface area contributed by atoms with Gasteiger partial charge < -0.3 is 4.74 Å². The van der Waals surface area contributed by atoms with Crippen molar-refractivity contribution in [2.75, 3.05) is 0 Å². The van der Waals surface area contributed by atoms with E-state index in [0.717, 1.165) is 11.1 Å². The van der Waals surface area contributed by atoms with Gasteiger partial charge in [-0.2, -0.15) is 0 Å². The predicted molar refractivity (Wildman–Crippen MR) is 36.9 cm³/mol. The van der Waals surface area contributed by atoms with E-state index in [0.29, 0.717) is 0 Å². The largest absolute Gasteiger partial charge is 0.471 e. The molecule has 10 heavy (non-hydrogen) atoms. The highest BCUT2D eigenvalue weighted by Crippen LogP contribution is 2.18. The lowest BCUT2D eigenvalue weighted by Gasteiger charge is -2.15. The van der Waals surface area contributed by atoms with Crippen molar-refractivity contribution in [3.05, 3.63) is 23.5 Å². The van der Waals surface area contributed by atoms with Gasteiger partial charge in [0.1, 0.15) is 0 Å². The molecule has 0 N–H and O–H groups in total. The zero-order valence-electron chi connectivity index (χ0n) is 6.03. The van der Waals surface area contributed by atoms with Crippen LogP contribution in [0.4, 0.5) is 0 Å². The van der Waals surface area contributed by atoms with E-state index in [2.05, 4.69) is 5.11 Å². The van der Waals surface area contributed by atoms with Crippen molar-refractivity contribution in [1.82, 2.24) is 5.53 Å². The second-order valence-corrected chi connectivity index (χ2v) is 2.27. The summed E-state index contributed by atoms with van der Waals surface area (Å²) in [5, 5.41) is 3.05. The van der Waals surface area contributed by atoms with E-state index >= 15 is 0 Å². The smallest absolute Gasteiger partial charge is 0.232 e. The van der Waals surface area contributed by atoms with E-state index in [9.17, 15) is 0 Å². The molecule has 3 nitrogen and oxygen atoms in total. The molecule has 0 fully saturated rings. The van der Waals surface area contributed by atoms with E-state index in [-0.39, 0.29) is 0 Å². The van der Waals surface area contributed by atoms with Crippen molar-refractivity contribution in [3.63, 3.8) is 0 Å². The summed E-state index contributed by atoms with van der Waals surface area (Å²) >= 11 is 0. The number of hydrogen-bond donors (Lipinski definition) is 0. The first-order chi connectivity index (χ1) is 4.75. The van der Waals surface area contributed by atoms with Gasteiger partial charge in [-0.3, -0.25) is 0 Å². The van der Waals surface area contributed by atoms with Crippen molar-refractivity contribution in [3.8, 4) is 0 Å². The lowest BCUT2D eigenvalue weighted by molar-refractivity contribution is 0.172. The van der Waals surface area contributed by atoms with Crippen LogP contribution >= 0.6 is 0 Å². The molecule has 0 spiro atoms. The molecule has 1 aliphatic rings. The maximum Gasteiger partial charge on any atom is 0.232 e. The first kappa shape index (κ1) is 6.99. The molecular weight excluding hydrogens is 128 g/mol. The van der Waals surface area contributed by atoms with E-state index in [1.807, 2.05) is 19.9 Å². The highest BCUT2D eigenvalue weighted by Gasteiger charge is 2.13. The van der Waals surface area contributed by atoms with Gasteiger partial charge >= 0.3 is 0 Å². The summed E-state index contributed by atoms with van der Waals surface area (Å²) < 4.78 is 4.95. The molecule has 1 aliphatic heterocycles. The molecule has 0 aromatic rings. The topological polar surface area (TPSA) is 43.9 Å². The molecule has 3 heteroatoms. The molecule has 1 heterocycles. The third-order valence-corrected chi connectivity index (χ3v) is 1.62. The Balaban J connectivity index is 2.86. The van der Waals surface area contributed by atoms with Crippen molar-refractivity contribution in [2.24, 2.45) is 5.11 Å². The van der Waals surface area contributed by atoms with Gasteiger partial charge in [-0.25, -0.2) is 0 Å². The van der Waals surface area contributed by atoms with Crippen LogP contribution in [0.2, 0.25) is 0 Å². The minimum atomic E-state index is -0.495. The zero-order valence-corrected chi connectivity index (χ0v) is 6.03. The predicted octanol–water partition coefficient (Wildman–Crippen LogP) is 1.45. The van der Waals surface area contributed by atoms with Crippen LogP contribution in [0.1, 0.15) is 13.8 Å². The standard InChI is InChI=1S/C7H9N2O/c1-5-3-4-10-7(9-8)6(5)2/h3-4,7H,1-2H3. The fraction of sp³-hybridized carbons (Fsp3) is 0.429. The Kier molecular flexibility index (Phi) is 1.85. The third-order valence-electron chi connectivity index (χ3n) is 1.62. The summed E-state index contributed by atoms with van der Waals surface area (Å²) in [4.78, 5) is 0. The van der Waals surface area contributed by atoms with Gasteiger partial charge in [0, 0.05) is 0 Å². The molecule has 1 atom stereocenters. The lowest BCUT2D eigenvalue weighted by atomic mass is 10.1. The molecule has 0 amide bonds. The molecule has 1 rings (SSSR count). The molecule has 0 saturated heterocycles. The van der Waals surface area contributed by atoms with Crippen LogP contribution in [-0.2, 0) is 4.74 Å².